The first-order valence-electron chi connectivity index (χ1n) is 4.40. The van der Waals surface area contributed by atoms with E-state index < -0.39 is 10.0 Å². The van der Waals surface area contributed by atoms with Crippen molar-refractivity contribution >= 4 is 32.2 Å². The molecule has 0 fully saturated rings. The van der Waals surface area contributed by atoms with E-state index in [0.717, 1.165) is 6.26 Å². The topological polar surface area (TPSA) is 88.0 Å². The Hall–Kier alpha value is -1.28. The molecule has 0 radical (unpaired) electrons. The summed E-state index contributed by atoms with van der Waals surface area (Å²) < 4.78 is 27.2. The van der Waals surface area contributed by atoms with E-state index in [9.17, 15) is 13.5 Å². The van der Waals surface area contributed by atoms with Crippen LogP contribution in [0.15, 0.2) is 21.7 Å². The average molecular weight is 323 g/mol. The molecule has 0 saturated heterocycles. The molecule has 2 N–H and O–H groups in total. The molecule has 0 saturated carbocycles. The molecule has 17 heavy (non-hydrogen) atoms. The second-order valence-electron chi connectivity index (χ2n) is 3.17. The summed E-state index contributed by atoms with van der Waals surface area (Å²) >= 11 is 3.23. The summed E-state index contributed by atoms with van der Waals surface area (Å²) in [5, 5.41) is 13.2. The van der Waals surface area contributed by atoms with Crippen LogP contribution in [-0.4, -0.2) is 33.1 Å². The molecule has 1 aromatic carbocycles. The number of halogens is 1. The molecule has 0 aliphatic rings. The van der Waals surface area contributed by atoms with E-state index >= 15 is 0 Å². The van der Waals surface area contributed by atoms with Crippen molar-refractivity contribution < 1.29 is 18.3 Å². The Balaban J connectivity index is 3.02. The third kappa shape index (κ3) is 4.23. The fourth-order valence-corrected chi connectivity index (χ4v) is 1.74. The van der Waals surface area contributed by atoms with E-state index in [2.05, 4.69) is 21.0 Å². The molecular formula is C9H11BrN2O4S. The zero-order valence-corrected chi connectivity index (χ0v) is 11.5. The van der Waals surface area contributed by atoms with Gasteiger partial charge in [0.25, 0.3) is 0 Å². The molecule has 0 unspecified atom stereocenters. The van der Waals surface area contributed by atoms with Crippen LogP contribution < -0.4 is 9.57 Å². The highest BCUT2D eigenvalue weighted by molar-refractivity contribution is 9.10. The Morgan fingerprint density at radius 3 is 2.71 bits per heavy atom. The molecule has 8 heteroatoms. The van der Waals surface area contributed by atoms with Crippen LogP contribution in [0.5, 0.6) is 11.5 Å². The van der Waals surface area contributed by atoms with Crippen molar-refractivity contribution in [3.8, 4) is 11.5 Å². The predicted octanol–water partition coefficient (Wildman–Crippen LogP) is 1.05. The maximum atomic E-state index is 10.8. The number of hydrogen-bond acceptors (Lipinski definition) is 5. The highest BCUT2D eigenvalue weighted by Gasteiger charge is 2.08. The minimum absolute atomic E-state index is 0.116. The predicted molar refractivity (Wildman–Crippen MR) is 67.9 cm³/mol. The molecule has 1 aromatic rings. The van der Waals surface area contributed by atoms with E-state index in [-0.39, 0.29) is 11.5 Å². The van der Waals surface area contributed by atoms with Crippen molar-refractivity contribution in [2.24, 2.45) is 5.10 Å². The van der Waals surface area contributed by atoms with Crippen LogP contribution in [0.2, 0.25) is 0 Å². The number of ether oxygens (including phenoxy) is 1. The van der Waals surface area contributed by atoms with Gasteiger partial charge in [0.15, 0.2) is 11.5 Å². The van der Waals surface area contributed by atoms with Gasteiger partial charge in [0.2, 0.25) is 10.0 Å². The Labute approximate surface area is 107 Å². The zero-order chi connectivity index (χ0) is 13.1. The summed E-state index contributed by atoms with van der Waals surface area (Å²) in [6, 6.07) is 3.15. The van der Waals surface area contributed by atoms with E-state index in [0.29, 0.717) is 10.0 Å². The van der Waals surface area contributed by atoms with E-state index in [1.54, 1.807) is 12.1 Å². The third-order valence-electron chi connectivity index (χ3n) is 1.71. The van der Waals surface area contributed by atoms with Crippen molar-refractivity contribution in [3.63, 3.8) is 0 Å². The molecule has 0 aliphatic heterocycles. The van der Waals surface area contributed by atoms with E-state index in [4.69, 9.17) is 4.74 Å². The van der Waals surface area contributed by atoms with Crippen LogP contribution in [-0.2, 0) is 10.0 Å². The number of nitrogens with one attached hydrogen (secondary N) is 1. The van der Waals surface area contributed by atoms with Crippen molar-refractivity contribution in [3.05, 3.63) is 22.2 Å². The first kappa shape index (κ1) is 13.8. The van der Waals surface area contributed by atoms with Crippen molar-refractivity contribution in [2.45, 2.75) is 0 Å². The van der Waals surface area contributed by atoms with Crippen LogP contribution >= 0.6 is 15.9 Å². The number of phenolic OH excluding ortho intramolecular Hbond substituents is 1. The molecule has 0 heterocycles. The molecule has 94 valence electrons. The molecule has 0 aromatic heterocycles. The Kier molecular flexibility index (Phi) is 4.35. The summed E-state index contributed by atoms with van der Waals surface area (Å²) in [6.07, 6.45) is 2.16. The molecule has 0 atom stereocenters. The number of sulfonamides is 1. The maximum Gasteiger partial charge on any atom is 0.244 e. The summed E-state index contributed by atoms with van der Waals surface area (Å²) in [5.74, 6) is 0.148. The van der Waals surface area contributed by atoms with Gasteiger partial charge in [-0.25, -0.2) is 13.2 Å². The highest BCUT2D eigenvalue weighted by Crippen LogP contribution is 2.32. The highest BCUT2D eigenvalue weighted by atomic mass is 79.9. The smallest absolute Gasteiger partial charge is 0.244 e. The number of methoxy groups -OCH3 is 1. The standard InChI is InChI=1S/C9H11BrN2O4S/c1-16-8-4-7(10)3-6(9(8)13)5-11-12-17(2,14)15/h3-5,12-13H,1-2H3/b11-5+. The van der Waals surface area contributed by atoms with Gasteiger partial charge in [0.1, 0.15) is 0 Å². The summed E-state index contributed by atoms with van der Waals surface area (Å²) in [4.78, 5) is 1.93. The van der Waals surface area contributed by atoms with Crippen LogP contribution in [0.1, 0.15) is 5.56 Å². The number of aromatic hydroxyl groups is 1. The molecule has 0 aliphatic carbocycles. The van der Waals surface area contributed by atoms with Crippen LogP contribution in [0.3, 0.4) is 0 Å². The van der Waals surface area contributed by atoms with Gasteiger partial charge in [-0.15, -0.1) is 0 Å². The van der Waals surface area contributed by atoms with Gasteiger partial charge in [-0.05, 0) is 12.1 Å². The Bertz CT molecular complexity index is 542. The Morgan fingerprint density at radius 2 is 2.18 bits per heavy atom. The van der Waals surface area contributed by atoms with Gasteiger partial charge in [0, 0.05) is 10.0 Å². The molecular weight excluding hydrogens is 312 g/mol. The van der Waals surface area contributed by atoms with Crippen LogP contribution in [0.4, 0.5) is 0 Å². The number of hydrazone groups is 1. The first-order chi connectivity index (χ1) is 7.83. The molecule has 0 spiro atoms. The van der Waals surface area contributed by atoms with Gasteiger partial charge in [0.05, 0.1) is 19.6 Å². The number of hydrogen-bond donors (Lipinski definition) is 2. The second-order valence-corrected chi connectivity index (χ2v) is 5.81. The number of nitrogens with zero attached hydrogens (tertiary/aromatic N) is 1. The van der Waals surface area contributed by atoms with Gasteiger partial charge < -0.3 is 9.84 Å². The number of phenols is 1. The van der Waals surface area contributed by atoms with Gasteiger partial charge in [-0.3, -0.25) is 0 Å². The minimum Gasteiger partial charge on any atom is -0.504 e. The molecule has 0 amide bonds. The summed E-state index contributed by atoms with van der Waals surface area (Å²) in [5.41, 5.74) is 0.326. The lowest BCUT2D eigenvalue weighted by Crippen LogP contribution is -2.15. The molecule has 0 bridgehead atoms. The van der Waals surface area contributed by atoms with E-state index in [1.165, 1.54) is 13.3 Å². The van der Waals surface area contributed by atoms with Gasteiger partial charge >= 0.3 is 0 Å². The first-order valence-corrected chi connectivity index (χ1v) is 7.08. The minimum atomic E-state index is -3.41. The number of rotatable bonds is 4. The third-order valence-corrected chi connectivity index (χ3v) is 2.61. The summed E-state index contributed by atoms with van der Waals surface area (Å²) in [6.45, 7) is 0. The fraction of sp³-hybridized carbons (Fsp3) is 0.222. The Morgan fingerprint density at radius 1 is 1.53 bits per heavy atom. The van der Waals surface area contributed by atoms with E-state index in [1.807, 2.05) is 4.83 Å². The molecule has 6 nitrogen and oxygen atoms in total. The van der Waals surface area contributed by atoms with Gasteiger partial charge in [-0.1, -0.05) is 15.9 Å². The van der Waals surface area contributed by atoms with Crippen LogP contribution in [0, 0.1) is 0 Å². The fourth-order valence-electron chi connectivity index (χ4n) is 1.04. The van der Waals surface area contributed by atoms with Crippen molar-refractivity contribution in [1.29, 1.82) is 0 Å². The number of benzene rings is 1. The quantitative estimate of drug-likeness (QED) is 0.640. The summed E-state index contributed by atoms with van der Waals surface area (Å²) in [7, 11) is -1.99. The SMILES string of the molecule is COc1cc(Br)cc(/C=N/NS(C)(=O)=O)c1O. The average Bonchev–Trinajstić information content (AvgIpc) is 2.20. The lowest BCUT2D eigenvalue weighted by molar-refractivity contribution is 0.373. The zero-order valence-electron chi connectivity index (χ0n) is 9.14. The van der Waals surface area contributed by atoms with Crippen molar-refractivity contribution in [2.75, 3.05) is 13.4 Å². The van der Waals surface area contributed by atoms with Gasteiger partial charge in [-0.2, -0.15) is 5.10 Å². The van der Waals surface area contributed by atoms with Crippen LogP contribution in [0.25, 0.3) is 0 Å². The largest absolute Gasteiger partial charge is 0.504 e. The monoisotopic (exact) mass is 322 g/mol. The lowest BCUT2D eigenvalue weighted by atomic mass is 10.2. The van der Waals surface area contributed by atoms with Crippen molar-refractivity contribution in [1.82, 2.24) is 4.83 Å². The normalized spacial score (nSPS) is 11.7. The maximum absolute atomic E-state index is 10.8. The lowest BCUT2D eigenvalue weighted by Gasteiger charge is -2.06. The molecule has 1 rings (SSSR count). The second kappa shape index (κ2) is 5.37.